The maximum Gasteiger partial charge on any atom is 0.338 e. The number of halogens is 1. The van der Waals surface area contributed by atoms with Crippen molar-refractivity contribution < 1.29 is 23.7 Å². The van der Waals surface area contributed by atoms with Crippen molar-refractivity contribution in [1.29, 1.82) is 0 Å². The van der Waals surface area contributed by atoms with Gasteiger partial charge in [0.25, 0.3) is 5.56 Å². The zero-order chi connectivity index (χ0) is 28.3. The van der Waals surface area contributed by atoms with Gasteiger partial charge in [-0.2, -0.15) is 0 Å². The number of carbonyl (C=O) groups is 1. The molecule has 2 heterocycles. The third kappa shape index (κ3) is 5.96. The van der Waals surface area contributed by atoms with Crippen LogP contribution < -0.4 is 29.1 Å². The molecule has 4 rings (SSSR count). The Hall–Kier alpha value is -3.37. The van der Waals surface area contributed by atoms with E-state index in [-0.39, 0.29) is 18.3 Å². The summed E-state index contributed by atoms with van der Waals surface area (Å²) in [5.41, 5.74) is 1.95. The van der Waals surface area contributed by atoms with Gasteiger partial charge in [-0.1, -0.05) is 33.3 Å². The number of aromatic nitrogens is 1. The summed E-state index contributed by atoms with van der Waals surface area (Å²) < 4.78 is 25.5. The number of allylic oxidation sites excluding steroid dienone is 1. The van der Waals surface area contributed by atoms with Crippen molar-refractivity contribution in [2.45, 2.75) is 46.8 Å². The lowest BCUT2D eigenvalue weighted by Crippen LogP contribution is -2.40. The van der Waals surface area contributed by atoms with E-state index in [0.29, 0.717) is 50.0 Å². The van der Waals surface area contributed by atoms with Crippen molar-refractivity contribution in [3.05, 3.63) is 83.0 Å². The zero-order valence-corrected chi connectivity index (χ0v) is 25.1. The van der Waals surface area contributed by atoms with Gasteiger partial charge in [-0.25, -0.2) is 9.79 Å². The summed E-state index contributed by atoms with van der Waals surface area (Å²) in [5.74, 6) is 1.21. The number of ether oxygens (including phenoxy) is 4. The van der Waals surface area contributed by atoms with Crippen molar-refractivity contribution in [2.75, 3.05) is 20.3 Å². The molecule has 39 heavy (non-hydrogen) atoms. The number of methoxy groups -OCH3 is 1. The Labute approximate surface area is 239 Å². The fourth-order valence-corrected chi connectivity index (χ4v) is 5.79. The lowest BCUT2D eigenvalue weighted by molar-refractivity contribution is -0.139. The topological polar surface area (TPSA) is 88.4 Å². The van der Waals surface area contributed by atoms with E-state index >= 15 is 0 Å². The molecule has 1 atom stereocenters. The van der Waals surface area contributed by atoms with E-state index in [1.165, 1.54) is 11.3 Å². The normalized spacial score (nSPS) is 15.2. The highest BCUT2D eigenvalue weighted by Crippen LogP contribution is 2.36. The SMILES string of the molecule is CCOC(=O)C1=C(C)N=c2s/c(=C/c3cc(Br)ccc3OC(C)C)c(=O)n2[C@H]1c1ccc(OC)c(OCC)c1. The number of rotatable bonds is 9. The van der Waals surface area contributed by atoms with Crippen LogP contribution in [0.5, 0.6) is 17.2 Å². The predicted octanol–water partition coefficient (Wildman–Crippen LogP) is 4.76. The van der Waals surface area contributed by atoms with Crippen LogP contribution in [0.25, 0.3) is 6.08 Å². The first kappa shape index (κ1) is 28.6. The van der Waals surface area contributed by atoms with Crippen LogP contribution in [0.2, 0.25) is 0 Å². The molecule has 206 valence electrons. The molecule has 0 amide bonds. The first-order valence-electron chi connectivity index (χ1n) is 12.6. The highest BCUT2D eigenvalue weighted by atomic mass is 79.9. The van der Waals surface area contributed by atoms with Crippen LogP contribution in [0, 0.1) is 0 Å². The van der Waals surface area contributed by atoms with Gasteiger partial charge in [0.05, 0.1) is 48.3 Å². The Bertz CT molecular complexity index is 1600. The van der Waals surface area contributed by atoms with E-state index in [9.17, 15) is 9.59 Å². The van der Waals surface area contributed by atoms with Gasteiger partial charge in [-0.05, 0) is 76.6 Å². The Morgan fingerprint density at radius 2 is 1.87 bits per heavy atom. The van der Waals surface area contributed by atoms with Gasteiger partial charge >= 0.3 is 5.97 Å². The van der Waals surface area contributed by atoms with E-state index < -0.39 is 12.0 Å². The lowest BCUT2D eigenvalue weighted by Gasteiger charge is -2.25. The number of esters is 1. The average molecular weight is 616 g/mol. The van der Waals surface area contributed by atoms with Crippen LogP contribution in [0.15, 0.2) is 61.9 Å². The van der Waals surface area contributed by atoms with Crippen molar-refractivity contribution in [1.82, 2.24) is 4.57 Å². The number of benzene rings is 2. The molecule has 8 nitrogen and oxygen atoms in total. The average Bonchev–Trinajstić information content (AvgIpc) is 3.19. The van der Waals surface area contributed by atoms with Gasteiger partial charge in [0.1, 0.15) is 5.75 Å². The molecule has 0 unspecified atom stereocenters. The predicted molar refractivity (Wildman–Crippen MR) is 154 cm³/mol. The van der Waals surface area contributed by atoms with Crippen molar-refractivity contribution in [2.24, 2.45) is 4.99 Å². The lowest BCUT2D eigenvalue weighted by atomic mass is 9.95. The number of hydrogen-bond acceptors (Lipinski definition) is 8. The Balaban J connectivity index is 1.97. The Morgan fingerprint density at radius 3 is 2.54 bits per heavy atom. The molecule has 0 fully saturated rings. The van der Waals surface area contributed by atoms with Gasteiger partial charge < -0.3 is 18.9 Å². The van der Waals surface area contributed by atoms with Crippen molar-refractivity contribution in [3.63, 3.8) is 0 Å². The molecule has 1 aromatic heterocycles. The molecule has 0 spiro atoms. The van der Waals surface area contributed by atoms with E-state index in [0.717, 1.165) is 10.0 Å². The molecule has 0 aliphatic carbocycles. The second-order valence-corrected chi connectivity index (χ2v) is 10.9. The maximum absolute atomic E-state index is 14.0. The molecule has 0 bridgehead atoms. The van der Waals surface area contributed by atoms with Gasteiger partial charge in [-0.15, -0.1) is 0 Å². The van der Waals surface area contributed by atoms with E-state index in [1.54, 1.807) is 43.7 Å². The fourth-order valence-electron chi connectivity index (χ4n) is 4.37. The summed E-state index contributed by atoms with van der Waals surface area (Å²) in [6.07, 6.45) is 1.76. The van der Waals surface area contributed by atoms with Crippen LogP contribution in [0.3, 0.4) is 0 Å². The summed E-state index contributed by atoms with van der Waals surface area (Å²) in [4.78, 5) is 32.3. The monoisotopic (exact) mass is 614 g/mol. The zero-order valence-electron chi connectivity index (χ0n) is 22.7. The summed E-state index contributed by atoms with van der Waals surface area (Å²) >= 11 is 4.77. The summed E-state index contributed by atoms with van der Waals surface area (Å²) in [5, 5.41) is 0. The molecule has 1 aliphatic heterocycles. The van der Waals surface area contributed by atoms with Crippen LogP contribution in [0.1, 0.15) is 51.8 Å². The molecule has 0 saturated heterocycles. The molecule has 1 aliphatic rings. The number of carbonyl (C=O) groups excluding carboxylic acids is 1. The molecule has 0 radical (unpaired) electrons. The largest absolute Gasteiger partial charge is 0.493 e. The van der Waals surface area contributed by atoms with E-state index in [4.69, 9.17) is 18.9 Å². The van der Waals surface area contributed by atoms with E-state index in [2.05, 4.69) is 20.9 Å². The second kappa shape index (κ2) is 12.2. The van der Waals surface area contributed by atoms with Crippen molar-refractivity contribution >= 4 is 39.3 Å². The molecule has 3 aromatic rings. The molecular weight excluding hydrogens is 584 g/mol. The highest BCUT2D eigenvalue weighted by molar-refractivity contribution is 9.10. The third-order valence-corrected chi connectivity index (χ3v) is 7.42. The fraction of sp³-hybridized carbons (Fsp3) is 0.345. The minimum absolute atomic E-state index is 0.0380. The first-order valence-corrected chi connectivity index (χ1v) is 14.3. The van der Waals surface area contributed by atoms with Gasteiger partial charge in [0, 0.05) is 10.0 Å². The second-order valence-electron chi connectivity index (χ2n) is 8.99. The quantitative estimate of drug-likeness (QED) is 0.323. The summed E-state index contributed by atoms with van der Waals surface area (Å²) in [7, 11) is 1.56. The Morgan fingerprint density at radius 1 is 1.13 bits per heavy atom. The van der Waals surface area contributed by atoms with Crippen LogP contribution in [-0.4, -0.2) is 37.0 Å². The third-order valence-electron chi connectivity index (χ3n) is 5.94. The smallest absolute Gasteiger partial charge is 0.338 e. The van der Waals surface area contributed by atoms with E-state index in [1.807, 2.05) is 45.0 Å². The summed E-state index contributed by atoms with van der Waals surface area (Å²) in [6, 6.07) is 10.3. The molecule has 0 saturated carbocycles. The Kier molecular flexibility index (Phi) is 8.97. The molecule has 2 aromatic carbocycles. The standard InChI is InChI=1S/C29H31BrN2O6S/c1-7-36-23-14-18(9-11-22(23)35-6)26-25(28(34)37-8-2)17(5)31-29-32(26)27(33)24(39-29)15-19-13-20(30)10-12-21(19)38-16(3)4/h9-16,26H,7-8H2,1-6H3/b24-15+/t26-/m0/s1. The minimum atomic E-state index is -0.763. The van der Waals surface area contributed by atoms with Crippen LogP contribution >= 0.6 is 27.3 Å². The number of thiazole rings is 1. The summed E-state index contributed by atoms with van der Waals surface area (Å²) in [6.45, 7) is 9.90. The number of nitrogens with zero attached hydrogens (tertiary/aromatic N) is 2. The van der Waals surface area contributed by atoms with Gasteiger partial charge in [0.15, 0.2) is 16.3 Å². The van der Waals surface area contributed by atoms with Gasteiger partial charge in [-0.3, -0.25) is 9.36 Å². The molecular formula is C29H31BrN2O6S. The van der Waals surface area contributed by atoms with Gasteiger partial charge in [0.2, 0.25) is 0 Å². The first-order chi connectivity index (χ1) is 18.7. The maximum atomic E-state index is 14.0. The highest BCUT2D eigenvalue weighted by Gasteiger charge is 2.34. The molecule has 10 heteroatoms. The number of hydrogen-bond donors (Lipinski definition) is 0. The van der Waals surface area contributed by atoms with Crippen molar-refractivity contribution in [3.8, 4) is 17.2 Å². The number of fused-ring (bicyclic) bond motifs is 1. The molecule has 0 N–H and O–H groups in total. The van der Waals surface area contributed by atoms with Crippen LogP contribution in [-0.2, 0) is 9.53 Å². The van der Waals surface area contributed by atoms with Crippen LogP contribution in [0.4, 0.5) is 0 Å². The minimum Gasteiger partial charge on any atom is -0.493 e.